The molecule has 1 aliphatic rings. The number of benzene rings is 2. The number of rotatable bonds is 5. The zero-order valence-electron chi connectivity index (χ0n) is 15.0. The zero-order chi connectivity index (χ0) is 18.8. The number of hydrogen-bond donors (Lipinski definition) is 0. The summed E-state index contributed by atoms with van der Waals surface area (Å²) in [7, 11) is 0. The number of likely N-dealkylation sites (tertiary alicyclic amines) is 1. The molecule has 2 heterocycles. The highest BCUT2D eigenvalue weighted by Gasteiger charge is 2.32. The second-order valence-electron chi connectivity index (χ2n) is 6.54. The lowest BCUT2D eigenvalue weighted by atomic mass is 10.1. The van der Waals surface area contributed by atoms with Crippen molar-refractivity contribution >= 4 is 23.4 Å². The first-order valence-electron chi connectivity index (χ1n) is 8.90. The largest absolute Gasteiger partial charge is 0.289 e. The molecule has 7 heteroatoms. The van der Waals surface area contributed by atoms with Crippen molar-refractivity contribution in [3.8, 4) is 5.69 Å². The molecule has 0 spiro atoms. The smallest absolute Gasteiger partial charge is 0.195 e. The molecular weight excluding hydrogens is 383 g/mol. The lowest BCUT2D eigenvalue weighted by Crippen LogP contribution is -2.26. The van der Waals surface area contributed by atoms with Crippen LogP contribution in [0.15, 0.2) is 53.7 Å². The van der Waals surface area contributed by atoms with E-state index < -0.39 is 0 Å². The minimum Gasteiger partial charge on any atom is -0.289 e. The first kappa shape index (κ1) is 18.5. The number of hydrogen-bond acceptors (Lipinski definition) is 4. The summed E-state index contributed by atoms with van der Waals surface area (Å²) < 4.78 is 16.4. The van der Waals surface area contributed by atoms with E-state index in [0.29, 0.717) is 17.1 Å². The second kappa shape index (κ2) is 8.00. The summed E-state index contributed by atoms with van der Waals surface area (Å²) >= 11 is 7.82. The van der Waals surface area contributed by atoms with Gasteiger partial charge < -0.3 is 0 Å². The van der Waals surface area contributed by atoms with Crippen LogP contribution < -0.4 is 0 Å². The fraction of sp³-hybridized carbons (Fsp3) is 0.300. The number of para-hydroxylation sites is 1. The highest BCUT2D eigenvalue weighted by atomic mass is 35.5. The molecule has 140 valence electrons. The van der Waals surface area contributed by atoms with E-state index in [9.17, 15) is 4.39 Å². The normalized spacial score (nSPS) is 17.5. The minimum absolute atomic E-state index is 0.0780. The Balaban J connectivity index is 1.70. The summed E-state index contributed by atoms with van der Waals surface area (Å²) in [5.74, 6) is 0.637. The lowest BCUT2D eigenvalue weighted by molar-refractivity contribution is 0.234. The maximum Gasteiger partial charge on any atom is 0.195 e. The Labute approximate surface area is 167 Å². The van der Waals surface area contributed by atoms with Crippen LogP contribution in [0, 0.1) is 5.82 Å². The molecular formula is C20H20ClFN4S. The Morgan fingerprint density at radius 1 is 1.15 bits per heavy atom. The van der Waals surface area contributed by atoms with Crippen LogP contribution in [-0.4, -0.2) is 32.5 Å². The number of thioether (sulfide) groups is 1. The molecule has 1 saturated heterocycles. The van der Waals surface area contributed by atoms with Crippen LogP contribution in [0.2, 0.25) is 5.02 Å². The van der Waals surface area contributed by atoms with Crippen molar-refractivity contribution in [3.05, 3.63) is 70.8 Å². The molecule has 1 aromatic heterocycles. The molecule has 1 aliphatic heterocycles. The molecule has 0 unspecified atom stereocenters. The Morgan fingerprint density at radius 2 is 1.96 bits per heavy atom. The zero-order valence-corrected chi connectivity index (χ0v) is 16.6. The van der Waals surface area contributed by atoms with Crippen LogP contribution in [0.4, 0.5) is 4.39 Å². The molecule has 1 atom stereocenters. The topological polar surface area (TPSA) is 34.0 Å². The van der Waals surface area contributed by atoms with Gasteiger partial charge in [0.05, 0.1) is 6.04 Å². The van der Waals surface area contributed by atoms with Crippen molar-refractivity contribution in [3.63, 3.8) is 0 Å². The van der Waals surface area contributed by atoms with Crippen LogP contribution >= 0.6 is 23.4 Å². The summed E-state index contributed by atoms with van der Waals surface area (Å²) in [6.45, 7) is 1.35. The maximum atomic E-state index is 14.3. The fourth-order valence-electron chi connectivity index (χ4n) is 3.64. The predicted octanol–water partition coefficient (Wildman–Crippen LogP) is 5.12. The van der Waals surface area contributed by atoms with Gasteiger partial charge in [-0.1, -0.05) is 47.6 Å². The van der Waals surface area contributed by atoms with Gasteiger partial charge >= 0.3 is 0 Å². The van der Waals surface area contributed by atoms with Crippen LogP contribution in [0.3, 0.4) is 0 Å². The molecule has 3 aromatic rings. The molecule has 4 nitrogen and oxygen atoms in total. The van der Waals surface area contributed by atoms with E-state index in [2.05, 4.69) is 31.8 Å². The fourth-order valence-corrected chi connectivity index (χ4v) is 4.37. The second-order valence-corrected chi connectivity index (χ2v) is 7.73. The van der Waals surface area contributed by atoms with Crippen LogP contribution in [-0.2, 0) is 6.54 Å². The van der Waals surface area contributed by atoms with Gasteiger partial charge in [0.15, 0.2) is 11.0 Å². The van der Waals surface area contributed by atoms with Crippen LogP contribution in [0.25, 0.3) is 5.69 Å². The van der Waals surface area contributed by atoms with Crippen LogP contribution in [0.5, 0.6) is 0 Å². The summed E-state index contributed by atoms with van der Waals surface area (Å²) in [4.78, 5) is 2.25. The van der Waals surface area contributed by atoms with Gasteiger partial charge in [-0.05, 0) is 49.9 Å². The quantitative estimate of drug-likeness (QED) is 0.555. The molecule has 4 rings (SSSR count). The van der Waals surface area contributed by atoms with Crippen molar-refractivity contribution in [2.24, 2.45) is 0 Å². The van der Waals surface area contributed by atoms with Crippen molar-refractivity contribution in [2.75, 3.05) is 12.8 Å². The van der Waals surface area contributed by atoms with E-state index in [-0.39, 0.29) is 11.9 Å². The monoisotopic (exact) mass is 402 g/mol. The number of nitrogens with zero attached hydrogens (tertiary/aromatic N) is 4. The highest BCUT2D eigenvalue weighted by Crippen LogP contribution is 2.36. The van der Waals surface area contributed by atoms with Crippen molar-refractivity contribution in [1.82, 2.24) is 19.7 Å². The molecule has 1 fully saturated rings. The van der Waals surface area contributed by atoms with Gasteiger partial charge in [-0.3, -0.25) is 9.47 Å². The summed E-state index contributed by atoms with van der Waals surface area (Å²) in [6.07, 6.45) is 4.00. The number of halogens is 2. The Hall–Kier alpha value is -1.89. The number of aromatic nitrogens is 3. The molecule has 0 N–H and O–H groups in total. The van der Waals surface area contributed by atoms with Gasteiger partial charge in [0.1, 0.15) is 5.82 Å². The molecule has 0 bridgehead atoms. The standard InChI is InChI=1S/C20H20ClFN4S/c1-27-20-24-23-19(26(20)14-7-3-2-4-8-14)18-11-6-12-25(18)13-15-16(21)9-5-10-17(15)22/h2-5,7-10,18H,6,11-13H2,1H3/t18-/m0/s1. The van der Waals surface area contributed by atoms with Gasteiger partial charge in [0, 0.05) is 22.8 Å². The third-order valence-electron chi connectivity index (χ3n) is 4.94. The Kier molecular flexibility index (Phi) is 5.48. The molecule has 2 aromatic carbocycles. The lowest BCUT2D eigenvalue weighted by Gasteiger charge is -2.25. The summed E-state index contributed by atoms with van der Waals surface area (Å²) in [6, 6.07) is 15.0. The average Bonchev–Trinajstić information content (AvgIpc) is 3.31. The van der Waals surface area contributed by atoms with Gasteiger partial charge in [0.25, 0.3) is 0 Å². The van der Waals surface area contributed by atoms with E-state index in [1.165, 1.54) is 6.07 Å². The van der Waals surface area contributed by atoms with E-state index in [1.807, 2.05) is 24.5 Å². The maximum absolute atomic E-state index is 14.3. The first-order chi connectivity index (χ1) is 13.2. The van der Waals surface area contributed by atoms with Crippen molar-refractivity contribution < 1.29 is 4.39 Å². The SMILES string of the molecule is CSc1nnc([C@@H]2CCCN2Cc2c(F)cccc2Cl)n1-c1ccccc1. The van der Waals surface area contributed by atoms with E-state index in [0.717, 1.165) is 36.1 Å². The summed E-state index contributed by atoms with van der Waals surface area (Å²) in [5, 5.41) is 10.2. The van der Waals surface area contributed by atoms with Crippen molar-refractivity contribution in [2.45, 2.75) is 30.6 Å². The Morgan fingerprint density at radius 3 is 2.70 bits per heavy atom. The molecule has 0 radical (unpaired) electrons. The molecule has 0 saturated carbocycles. The third-order valence-corrected chi connectivity index (χ3v) is 5.92. The van der Waals surface area contributed by atoms with Gasteiger partial charge in [0.2, 0.25) is 0 Å². The average molecular weight is 403 g/mol. The van der Waals surface area contributed by atoms with E-state index in [1.54, 1.807) is 23.9 Å². The third kappa shape index (κ3) is 3.61. The van der Waals surface area contributed by atoms with Gasteiger partial charge in [-0.2, -0.15) is 0 Å². The summed E-state index contributed by atoms with van der Waals surface area (Å²) in [5.41, 5.74) is 1.58. The van der Waals surface area contributed by atoms with E-state index >= 15 is 0 Å². The Bertz CT molecular complexity index is 911. The predicted molar refractivity (Wildman–Crippen MR) is 107 cm³/mol. The molecule has 0 aliphatic carbocycles. The molecule has 27 heavy (non-hydrogen) atoms. The highest BCUT2D eigenvalue weighted by molar-refractivity contribution is 7.98. The van der Waals surface area contributed by atoms with E-state index in [4.69, 9.17) is 11.6 Å². The van der Waals surface area contributed by atoms with Gasteiger partial charge in [-0.15, -0.1) is 10.2 Å². The molecule has 0 amide bonds. The van der Waals surface area contributed by atoms with Gasteiger partial charge in [-0.25, -0.2) is 4.39 Å². The first-order valence-corrected chi connectivity index (χ1v) is 10.5. The van der Waals surface area contributed by atoms with Crippen molar-refractivity contribution in [1.29, 1.82) is 0 Å². The minimum atomic E-state index is -0.262. The van der Waals surface area contributed by atoms with Crippen LogP contribution in [0.1, 0.15) is 30.3 Å².